The molecule has 2 aromatic carbocycles. The van der Waals surface area contributed by atoms with Gasteiger partial charge >= 0.3 is 5.97 Å². The van der Waals surface area contributed by atoms with Crippen molar-refractivity contribution in [2.45, 2.75) is 44.8 Å². The molecule has 0 amide bonds. The molecule has 166 valence electrons. The highest BCUT2D eigenvalue weighted by Gasteiger charge is 2.26. The molecule has 5 nitrogen and oxygen atoms in total. The third-order valence-electron chi connectivity index (χ3n) is 5.33. The monoisotopic (exact) mass is 438 g/mol. The van der Waals surface area contributed by atoms with Gasteiger partial charge in [0.05, 0.1) is 23.9 Å². The molecule has 2 heterocycles. The first-order valence-corrected chi connectivity index (χ1v) is 10.5. The third-order valence-corrected chi connectivity index (χ3v) is 5.33. The van der Waals surface area contributed by atoms with Crippen LogP contribution in [-0.4, -0.2) is 32.8 Å². The minimum Gasteiger partial charge on any atom is -0.458 e. The molecule has 3 aromatic rings. The summed E-state index contributed by atoms with van der Waals surface area (Å²) in [6, 6.07) is 12.1. The maximum Gasteiger partial charge on any atom is 0.309 e. The largest absolute Gasteiger partial charge is 0.458 e. The Hall–Kier alpha value is -3.32. The van der Waals surface area contributed by atoms with Crippen molar-refractivity contribution in [1.82, 2.24) is 9.55 Å². The number of carbonyl (C=O) groups is 1. The standard InChI is InChI=1S/C25H24F2N2O3/c1-15(2)25-28-23(16-3-7-18(26)8-4-16)24(17-5-9-19(27)10-6-17)29(25)12-11-21-13-20(30)14-22(31)32-21/h3-12,15,20-21,30H,13-14H2,1-2H3/b12-11+. The van der Waals surface area contributed by atoms with Gasteiger partial charge in [-0.1, -0.05) is 13.8 Å². The summed E-state index contributed by atoms with van der Waals surface area (Å²) >= 11 is 0. The average Bonchev–Trinajstić information content (AvgIpc) is 3.12. The third kappa shape index (κ3) is 4.62. The zero-order valence-corrected chi connectivity index (χ0v) is 17.8. The number of hydrogen-bond acceptors (Lipinski definition) is 4. The molecule has 1 aliphatic heterocycles. The van der Waals surface area contributed by atoms with E-state index in [-0.39, 0.29) is 24.0 Å². The van der Waals surface area contributed by atoms with Gasteiger partial charge < -0.3 is 14.4 Å². The summed E-state index contributed by atoms with van der Waals surface area (Å²) in [6.45, 7) is 4.00. The van der Waals surface area contributed by atoms with Crippen LogP contribution in [0, 0.1) is 11.6 Å². The van der Waals surface area contributed by atoms with Gasteiger partial charge in [0, 0.05) is 29.7 Å². The number of hydrogen-bond donors (Lipinski definition) is 1. The first-order chi connectivity index (χ1) is 15.3. The Labute approximate surface area is 185 Å². The molecule has 0 saturated carbocycles. The number of benzene rings is 2. The first-order valence-electron chi connectivity index (χ1n) is 10.5. The molecule has 4 rings (SSSR count). The molecule has 0 spiro atoms. The van der Waals surface area contributed by atoms with Crippen LogP contribution in [0.15, 0.2) is 54.6 Å². The van der Waals surface area contributed by atoms with E-state index in [2.05, 4.69) is 0 Å². The summed E-state index contributed by atoms with van der Waals surface area (Å²) in [6.07, 6.45) is 2.47. The number of aromatic nitrogens is 2. The van der Waals surface area contributed by atoms with Gasteiger partial charge in [0.15, 0.2) is 0 Å². The second-order valence-corrected chi connectivity index (χ2v) is 8.17. The van der Waals surface area contributed by atoms with Crippen LogP contribution in [0.25, 0.3) is 28.7 Å². The smallest absolute Gasteiger partial charge is 0.309 e. The molecule has 1 N–H and O–H groups in total. The van der Waals surface area contributed by atoms with Crippen molar-refractivity contribution in [1.29, 1.82) is 0 Å². The number of carbonyl (C=O) groups excluding carboxylic acids is 1. The Balaban J connectivity index is 1.86. The van der Waals surface area contributed by atoms with E-state index in [0.717, 1.165) is 17.0 Å². The summed E-state index contributed by atoms with van der Waals surface area (Å²) in [5, 5.41) is 9.90. The molecular weight excluding hydrogens is 414 g/mol. The number of cyclic esters (lactones) is 1. The van der Waals surface area contributed by atoms with E-state index in [1.54, 1.807) is 36.5 Å². The number of imidazole rings is 1. The number of aliphatic hydroxyl groups excluding tert-OH is 1. The van der Waals surface area contributed by atoms with Crippen molar-refractivity contribution in [2.75, 3.05) is 0 Å². The highest BCUT2D eigenvalue weighted by Crippen LogP contribution is 2.35. The molecule has 1 aromatic heterocycles. The molecule has 7 heteroatoms. The maximum atomic E-state index is 13.6. The van der Waals surface area contributed by atoms with Gasteiger partial charge in [-0.2, -0.15) is 0 Å². The molecule has 1 saturated heterocycles. The molecular formula is C25H24F2N2O3. The number of esters is 1. The predicted molar refractivity (Wildman–Crippen MR) is 118 cm³/mol. The van der Waals surface area contributed by atoms with E-state index in [4.69, 9.17) is 9.72 Å². The highest BCUT2D eigenvalue weighted by atomic mass is 19.1. The van der Waals surface area contributed by atoms with Gasteiger partial charge in [0.25, 0.3) is 0 Å². The normalized spacial score (nSPS) is 19.0. The van der Waals surface area contributed by atoms with Gasteiger partial charge in [0.2, 0.25) is 0 Å². The van der Waals surface area contributed by atoms with E-state index in [1.807, 2.05) is 18.4 Å². The Bertz CT molecular complexity index is 1140. The van der Waals surface area contributed by atoms with Gasteiger partial charge in [-0.15, -0.1) is 0 Å². The van der Waals surface area contributed by atoms with Gasteiger partial charge in [-0.05, 0) is 54.6 Å². The molecule has 32 heavy (non-hydrogen) atoms. The van der Waals surface area contributed by atoms with Crippen LogP contribution < -0.4 is 0 Å². The Morgan fingerprint density at radius 2 is 1.66 bits per heavy atom. The summed E-state index contributed by atoms with van der Waals surface area (Å²) in [4.78, 5) is 16.5. The quantitative estimate of drug-likeness (QED) is 0.559. The number of halogens is 2. The zero-order chi connectivity index (χ0) is 22.8. The van der Waals surface area contributed by atoms with Crippen LogP contribution in [0.5, 0.6) is 0 Å². The van der Waals surface area contributed by atoms with Crippen molar-refractivity contribution in [3.05, 3.63) is 72.1 Å². The lowest BCUT2D eigenvalue weighted by Gasteiger charge is -2.23. The minimum absolute atomic E-state index is 0.0117. The number of rotatable bonds is 5. The summed E-state index contributed by atoms with van der Waals surface area (Å²) in [5.41, 5.74) is 2.79. The Morgan fingerprint density at radius 1 is 1.06 bits per heavy atom. The zero-order valence-electron chi connectivity index (χ0n) is 17.8. The van der Waals surface area contributed by atoms with Crippen LogP contribution >= 0.6 is 0 Å². The fraction of sp³-hybridized carbons (Fsp3) is 0.280. The first kappa shape index (κ1) is 21.9. The summed E-state index contributed by atoms with van der Waals surface area (Å²) in [5.74, 6) is -0.377. The second-order valence-electron chi connectivity index (χ2n) is 8.17. The van der Waals surface area contributed by atoms with Crippen LogP contribution in [-0.2, 0) is 9.53 Å². The number of aliphatic hydroxyl groups is 1. The lowest BCUT2D eigenvalue weighted by Crippen LogP contribution is -2.31. The molecule has 0 radical (unpaired) electrons. The topological polar surface area (TPSA) is 64.3 Å². The number of ether oxygens (including phenoxy) is 1. The summed E-state index contributed by atoms with van der Waals surface area (Å²) < 4.78 is 34.4. The molecule has 0 aliphatic carbocycles. The molecule has 0 bridgehead atoms. The van der Waals surface area contributed by atoms with Crippen molar-refractivity contribution in [3.63, 3.8) is 0 Å². The van der Waals surface area contributed by atoms with Gasteiger partial charge in [0.1, 0.15) is 23.6 Å². The fourth-order valence-corrected chi connectivity index (χ4v) is 3.81. The average molecular weight is 438 g/mol. The van der Waals surface area contributed by atoms with Crippen molar-refractivity contribution in [2.24, 2.45) is 0 Å². The van der Waals surface area contributed by atoms with E-state index in [1.165, 1.54) is 24.3 Å². The lowest BCUT2D eigenvalue weighted by molar-refractivity contribution is -0.156. The molecule has 2 unspecified atom stereocenters. The van der Waals surface area contributed by atoms with E-state index >= 15 is 0 Å². The predicted octanol–water partition coefficient (Wildman–Crippen LogP) is 5.16. The molecule has 2 atom stereocenters. The van der Waals surface area contributed by atoms with Crippen LogP contribution in [0.4, 0.5) is 8.78 Å². The fourth-order valence-electron chi connectivity index (χ4n) is 3.81. The maximum absolute atomic E-state index is 13.6. The van der Waals surface area contributed by atoms with E-state index in [9.17, 15) is 18.7 Å². The lowest BCUT2D eigenvalue weighted by atomic mass is 10.0. The van der Waals surface area contributed by atoms with E-state index in [0.29, 0.717) is 17.8 Å². The Kier molecular flexibility index (Phi) is 6.19. The van der Waals surface area contributed by atoms with Crippen LogP contribution in [0.1, 0.15) is 38.4 Å². The minimum atomic E-state index is -0.746. The molecule has 1 fully saturated rings. The number of nitrogens with zero attached hydrogens (tertiary/aromatic N) is 2. The van der Waals surface area contributed by atoms with Gasteiger partial charge in [-0.25, -0.2) is 13.8 Å². The highest BCUT2D eigenvalue weighted by molar-refractivity contribution is 5.81. The SMILES string of the molecule is CC(C)c1nc(-c2ccc(F)cc2)c(-c2ccc(F)cc2)n1/C=C/C1CC(O)CC(=O)O1. The molecule has 1 aliphatic rings. The van der Waals surface area contributed by atoms with Crippen molar-refractivity contribution in [3.8, 4) is 22.5 Å². The Morgan fingerprint density at radius 3 is 2.22 bits per heavy atom. The van der Waals surface area contributed by atoms with Crippen molar-refractivity contribution < 1.29 is 23.4 Å². The summed E-state index contributed by atoms with van der Waals surface area (Å²) in [7, 11) is 0. The van der Waals surface area contributed by atoms with Gasteiger partial charge in [-0.3, -0.25) is 4.79 Å². The van der Waals surface area contributed by atoms with E-state index < -0.39 is 18.2 Å². The van der Waals surface area contributed by atoms with Crippen molar-refractivity contribution >= 4 is 12.2 Å². The second kappa shape index (κ2) is 9.04. The van der Waals surface area contributed by atoms with Crippen LogP contribution in [0.2, 0.25) is 0 Å². The van der Waals surface area contributed by atoms with Crippen LogP contribution in [0.3, 0.4) is 0 Å².